The van der Waals surface area contributed by atoms with Crippen molar-refractivity contribution in [3.05, 3.63) is 47.7 Å². The summed E-state index contributed by atoms with van der Waals surface area (Å²) in [4.78, 5) is 10.9. The summed E-state index contributed by atoms with van der Waals surface area (Å²) in [5.41, 5.74) is 7.99. The number of aromatic nitrogens is 2. The molecule has 5 nitrogen and oxygen atoms in total. The van der Waals surface area contributed by atoms with Crippen LogP contribution in [0, 0.1) is 12.8 Å². The molecule has 1 aliphatic heterocycles. The van der Waals surface area contributed by atoms with Gasteiger partial charge in [0.15, 0.2) is 0 Å². The Labute approximate surface area is 137 Å². The van der Waals surface area contributed by atoms with Crippen molar-refractivity contribution in [2.75, 3.05) is 30.7 Å². The number of hydrogen-bond donors (Lipinski definition) is 2. The van der Waals surface area contributed by atoms with Gasteiger partial charge in [0.25, 0.3) is 0 Å². The van der Waals surface area contributed by atoms with E-state index < -0.39 is 0 Å². The quantitative estimate of drug-likeness (QED) is 0.888. The molecule has 0 aliphatic carbocycles. The molecule has 5 heteroatoms. The minimum Gasteiger partial charge on any atom is -0.370 e. The highest BCUT2D eigenvalue weighted by molar-refractivity contribution is 5.40. The highest BCUT2D eigenvalue weighted by atomic mass is 15.1. The second-order valence-corrected chi connectivity index (χ2v) is 6.36. The molecular formula is C18H25N5. The summed E-state index contributed by atoms with van der Waals surface area (Å²) in [5.74, 6) is 1.81. The predicted molar refractivity (Wildman–Crippen MR) is 94.1 cm³/mol. The molecule has 2 heterocycles. The molecular weight excluding hydrogens is 286 g/mol. The topological polar surface area (TPSA) is 67.1 Å². The van der Waals surface area contributed by atoms with E-state index in [2.05, 4.69) is 50.5 Å². The maximum Gasteiger partial charge on any atom is 0.222 e. The van der Waals surface area contributed by atoms with Crippen LogP contribution in [0.4, 0.5) is 11.8 Å². The molecule has 3 N–H and O–H groups in total. The summed E-state index contributed by atoms with van der Waals surface area (Å²) >= 11 is 0. The number of aryl methyl sites for hydroxylation is 1. The lowest BCUT2D eigenvalue weighted by Gasteiger charge is -2.33. The largest absolute Gasteiger partial charge is 0.370 e. The number of nitrogens with two attached hydrogens (primary N) is 1. The van der Waals surface area contributed by atoms with Gasteiger partial charge in [-0.25, -0.2) is 4.98 Å². The van der Waals surface area contributed by atoms with Crippen molar-refractivity contribution in [2.24, 2.45) is 5.92 Å². The monoisotopic (exact) mass is 311 g/mol. The number of benzene rings is 1. The standard InChI is InChI=1S/C18H25N5/c1-14-10-17(22-18(19)21-14)20-11-16-8-5-9-23(13-16)12-15-6-3-2-4-7-15/h2-4,6-7,10,16H,5,8-9,11-13H2,1H3,(H3,19,20,21,22)/t16-/m1/s1. The fourth-order valence-corrected chi connectivity index (χ4v) is 3.23. The van der Waals surface area contributed by atoms with Crippen LogP contribution in [0.5, 0.6) is 0 Å². The molecule has 0 unspecified atom stereocenters. The van der Waals surface area contributed by atoms with E-state index in [1.54, 1.807) is 0 Å². The number of nitrogens with one attached hydrogen (secondary N) is 1. The lowest BCUT2D eigenvalue weighted by atomic mass is 9.97. The second kappa shape index (κ2) is 7.42. The Morgan fingerprint density at radius 1 is 1.26 bits per heavy atom. The van der Waals surface area contributed by atoms with Crippen molar-refractivity contribution in [2.45, 2.75) is 26.3 Å². The third-order valence-corrected chi connectivity index (χ3v) is 4.30. The van der Waals surface area contributed by atoms with Gasteiger partial charge < -0.3 is 11.1 Å². The second-order valence-electron chi connectivity index (χ2n) is 6.36. The van der Waals surface area contributed by atoms with Gasteiger partial charge in [0.05, 0.1) is 0 Å². The molecule has 0 bridgehead atoms. The number of piperidine rings is 1. The maximum atomic E-state index is 5.71. The lowest BCUT2D eigenvalue weighted by molar-refractivity contribution is 0.173. The molecule has 122 valence electrons. The van der Waals surface area contributed by atoms with Crippen LogP contribution >= 0.6 is 0 Å². The Balaban J connectivity index is 1.52. The highest BCUT2D eigenvalue weighted by Crippen LogP contribution is 2.19. The fraction of sp³-hybridized carbons (Fsp3) is 0.444. The molecule has 1 aromatic carbocycles. The van der Waals surface area contributed by atoms with E-state index in [4.69, 9.17) is 5.73 Å². The molecule has 0 spiro atoms. The number of likely N-dealkylation sites (tertiary alicyclic amines) is 1. The molecule has 1 saturated heterocycles. The number of anilines is 2. The van der Waals surface area contributed by atoms with Crippen LogP contribution in [0.15, 0.2) is 36.4 Å². The zero-order valence-corrected chi connectivity index (χ0v) is 13.7. The summed E-state index contributed by atoms with van der Waals surface area (Å²) in [6.07, 6.45) is 2.52. The molecule has 1 fully saturated rings. The number of rotatable bonds is 5. The maximum absolute atomic E-state index is 5.71. The average Bonchev–Trinajstić information content (AvgIpc) is 2.53. The highest BCUT2D eigenvalue weighted by Gasteiger charge is 2.20. The molecule has 1 atom stereocenters. The normalized spacial score (nSPS) is 18.7. The lowest BCUT2D eigenvalue weighted by Crippen LogP contribution is -2.37. The zero-order valence-electron chi connectivity index (χ0n) is 13.7. The molecule has 0 radical (unpaired) electrons. The van der Waals surface area contributed by atoms with Crippen LogP contribution in [0.2, 0.25) is 0 Å². The van der Waals surface area contributed by atoms with Crippen molar-refractivity contribution in [1.29, 1.82) is 0 Å². The van der Waals surface area contributed by atoms with E-state index in [1.807, 2.05) is 13.0 Å². The van der Waals surface area contributed by atoms with Crippen molar-refractivity contribution in [3.8, 4) is 0 Å². The van der Waals surface area contributed by atoms with Crippen molar-refractivity contribution in [1.82, 2.24) is 14.9 Å². The Bertz CT molecular complexity index is 608. The van der Waals surface area contributed by atoms with Gasteiger partial charge in [-0.2, -0.15) is 4.98 Å². The van der Waals surface area contributed by atoms with Crippen LogP contribution in [0.3, 0.4) is 0 Å². The molecule has 0 saturated carbocycles. The summed E-state index contributed by atoms with van der Waals surface area (Å²) in [6.45, 7) is 6.22. The SMILES string of the molecule is Cc1cc(NC[C@H]2CCCN(Cc3ccccc3)C2)nc(N)n1. The smallest absolute Gasteiger partial charge is 0.222 e. The molecule has 1 aliphatic rings. The predicted octanol–water partition coefficient (Wildman–Crippen LogP) is 2.69. The van der Waals surface area contributed by atoms with E-state index >= 15 is 0 Å². The van der Waals surface area contributed by atoms with Gasteiger partial charge in [0, 0.05) is 31.4 Å². The van der Waals surface area contributed by atoms with Crippen LogP contribution in [-0.2, 0) is 6.54 Å². The van der Waals surface area contributed by atoms with Gasteiger partial charge in [0.1, 0.15) is 5.82 Å². The van der Waals surface area contributed by atoms with Gasteiger partial charge in [-0.1, -0.05) is 30.3 Å². The first-order valence-corrected chi connectivity index (χ1v) is 8.30. The number of nitrogens with zero attached hydrogens (tertiary/aromatic N) is 3. The first kappa shape index (κ1) is 15.7. The van der Waals surface area contributed by atoms with Crippen molar-refractivity contribution >= 4 is 11.8 Å². The van der Waals surface area contributed by atoms with Gasteiger partial charge in [0.2, 0.25) is 5.95 Å². The summed E-state index contributed by atoms with van der Waals surface area (Å²) in [7, 11) is 0. The summed E-state index contributed by atoms with van der Waals surface area (Å²) < 4.78 is 0. The number of nitrogen functional groups attached to an aromatic ring is 1. The summed E-state index contributed by atoms with van der Waals surface area (Å²) in [5, 5.41) is 3.42. The van der Waals surface area contributed by atoms with Gasteiger partial charge >= 0.3 is 0 Å². The summed E-state index contributed by atoms with van der Waals surface area (Å²) in [6, 6.07) is 12.6. The van der Waals surface area contributed by atoms with E-state index in [0.717, 1.165) is 31.1 Å². The Morgan fingerprint density at radius 3 is 2.87 bits per heavy atom. The third kappa shape index (κ3) is 4.66. The van der Waals surface area contributed by atoms with Crippen LogP contribution in [0.25, 0.3) is 0 Å². The van der Waals surface area contributed by atoms with E-state index in [-0.39, 0.29) is 0 Å². The molecule has 1 aromatic heterocycles. The van der Waals surface area contributed by atoms with Crippen LogP contribution in [-0.4, -0.2) is 34.5 Å². The average molecular weight is 311 g/mol. The van der Waals surface area contributed by atoms with Gasteiger partial charge in [-0.15, -0.1) is 0 Å². The van der Waals surface area contributed by atoms with E-state index in [1.165, 1.54) is 24.9 Å². The van der Waals surface area contributed by atoms with Crippen molar-refractivity contribution < 1.29 is 0 Å². The first-order valence-electron chi connectivity index (χ1n) is 8.30. The first-order chi connectivity index (χ1) is 11.2. The van der Waals surface area contributed by atoms with Gasteiger partial charge in [-0.05, 0) is 37.8 Å². The third-order valence-electron chi connectivity index (χ3n) is 4.30. The van der Waals surface area contributed by atoms with Gasteiger partial charge in [-0.3, -0.25) is 4.90 Å². The molecule has 23 heavy (non-hydrogen) atoms. The Kier molecular flexibility index (Phi) is 5.08. The van der Waals surface area contributed by atoms with Crippen molar-refractivity contribution in [3.63, 3.8) is 0 Å². The minimum atomic E-state index is 0.335. The zero-order chi connectivity index (χ0) is 16.1. The number of hydrogen-bond acceptors (Lipinski definition) is 5. The Morgan fingerprint density at radius 2 is 2.09 bits per heavy atom. The van der Waals surface area contributed by atoms with Crippen LogP contribution in [0.1, 0.15) is 24.1 Å². The molecule has 3 rings (SSSR count). The minimum absolute atomic E-state index is 0.335. The fourth-order valence-electron chi connectivity index (χ4n) is 3.23. The van der Waals surface area contributed by atoms with Crippen LogP contribution < -0.4 is 11.1 Å². The van der Waals surface area contributed by atoms with E-state index in [9.17, 15) is 0 Å². The molecule has 2 aromatic rings. The van der Waals surface area contributed by atoms with E-state index in [0.29, 0.717) is 11.9 Å². The molecule has 0 amide bonds. The Hall–Kier alpha value is -2.14.